The Labute approximate surface area is 274 Å². The van der Waals surface area contributed by atoms with Gasteiger partial charge in [0.1, 0.15) is 23.4 Å². The topological polar surface area (TPSA) is 109 Å². The van der Waals surface area contributed by atoms with Gasteiger partial charge in [-0.15, -0.1) is 0 Å². The van der Waals surface area contributed by atoms with E-state index in [1.54, 1.807) is 11.1 Å². The summed E-state index contributed by atoms with van der Waals surface area (Å²) < 4.78 is 26.7. The summed E-state index contributed by atoms with van der Waals surface area (Å²) in [6.07, 6.45) is 9.32. The number of halogens is 1. The quantitative estimate of drug-likeness (QED) is 0.365. The van der Waals surface area contributed by atoms with Crippen LogP contribution in [0.5, 0.6) is 17.5 Å². The van der Waals surface area contributed by atoms with Crippen LogP contribution >= 0.6 is 0 Å². The second-order valence-corrected chi connectivity index (χ2v) is 14.6. The van der Waals surface area contributed by atoms with Crippen molar-refractivity contribution in [2.24, 2.45) is 10.8 Å². The molecule has 0 unspecified atom stereocenters. The van der Waals surface area contributed by atoms with Crippen LogP contribution in [0, 0.1) is 16.6 Å². The molecule has 0 bridgehead atoms. The zero-order valence-electron chi connectivity index (χ0n) is 27.4. The van der Waals surface area contributed by atoms with Crippen molar-refractivity contribution in [3.8, 4) is 17.5 Å². The second kappa shape index (κ2) is 11.7. The Bertz CT molecular complexity index is 1660. The van der Waals surface area contributed by atoms with E-state index in [1.807, 2.05) is 27.0 Å². The molecule has 5 aliphatic rings. The SMILES string of the molecule is CCN(C(=O)c1cc(F)ccc1Oc1nncc(N2CC3(CC(Oc4ccnc5c4CN(C4CC6(CNC6)C4)CC5)C3)C2)n1)C(C)C. The van der Waals surface area contributed by atoms with Gasteiger partial charge in [0.25, 0.3) is 5.91 Å². The lowest BCUT2D eigenvalue weighted by atomic mass is 9.61. The third kappa shape index (κ3) is 5.58. The monoisotopic (exact) mass is 642 g/mol. The average molecular weight is 643 g/mol. The average Bonchev–Trinajstić information content (AvgIpc) is 2.97. The first-order chi connectivity index (χ1) is 22.7. The van der Waals surface area contributed by atoms with Crippen LogP contribution in [0.2, 0.25) is 0 Å². The zero-order chi connectivity index (χ0) is 32.3. The van der Waals surface area contributed by atoms with E-state index in [1.165, 1.54) is 55.4 Å². The van der Waals surface area contributed by atoms with Gasteiger partial charge in [0.05, 0.1) is 11.8 Å². The molecule has 2 saturated carbocycles. The standard InChI is InChI=1S/C35H43FN8O3/c1-4-44(22(2)3)32(45)26-11-23(36)5-6-29(26)47-33-40-31(16-39-41-33)43-20-35(21-43)14-25(15-35)46-30-7-9-38-28-8-10-42(17-27(28)30)24-12-34(13-24)18-37-19-34/h5-7,9,11,16,22,24-25,37H,4,8,10,12-15,17-21H2,1-3H3. The number of nitrogens with one attached hydrogen (secondary N) is 1. The van der Waals surface area contributed by atoms with Crippen LogP contribution in [0.4, 0.5) is 10.2 Å². The summed E-state index contributed by atoms with van der Waals surface area (Å²) in [5.74, 6) is 1.04. The number of hydrogen-bond donors (Lipinski definition) is 1. The molecule has 2 saturated heterocycles. The Morgan fingerprint density at radius 2 is 1.94 bits per heavy atom. The van der Waals surface area contributed by atoms with E-state index in [4.69, 9.17) is 14.5 Å². The smallest absolute Gasteiger partial charge is 0.343 e. The van der Waals surface area contributed by atoms with Gasteiger partial charge in [0, 0.05) is 87.2 Å². The summed E-state index contributed by atoms with van der Waals surface area (Å²) in [6.45, 7) is 12.3. The van der Waals surface area contributed by atoms with Gasteiger partial charge in [-0.3, -0.25) is 14.7 Å². The predicted octanol–water partition coefficient (Wildman–Crippen LogP) is 4.23. The van der Waals surface area contributed by atoms with Gasteiger partial charge < -0.3 is 24.6 Å². The van der Waals surface area contributed by atoms with Gasteiger partial charge in [-0.1, -0.05) is 5.10 Å². The summed E-state index contributed by atoms with van der Waals surface area (Å²) in [5, 5.41) is 11.6. The Hall–Kier alpha value is -3.90. The van der Waals surface area contributed by atoms with Crippen LogP contribution < -0.4 is 19.7 Å². The molecular weight excluding hydrogens is 599 g/mol. The van der Waals surface area contributed by atoms with Crippen LogP contribution in [0.3, 0.4) is 0 Å². The van der Waals surface area contributed by atoms with Crippen LogP contribution in [-0.4, -0.2) is 93.3 Å². The van der Waals surface area contributed by atoms with Crippen molar-refractivity contribution in [2.75, 3.05) is 44.2 Å². The summed E-state index contributed by atoms with van der Waals surface area (Å²) in [5.41, 5.74) is 3.37. The Morgan fingerprint density at radius 1 is 1.13 bits per heavy atom. The molecule has 2 aliphatic carbocycles. The first-order valence-corrected chi connectivity index (χ1v) is 17.0. The number of aromatic nitrogens is 4. The van der Waals surface area contributed by atoms with Crippen LogP contribution in [0.15, 0.2) is 36.7 Å². The molecule has 12 heteroatoms. The first-order valence-electron chi connectivity index (χ1n) is 17.0. The van der Waals surface area contributed by atoms with Gasteiger partial charge in [-0.2, -0.15) is 10.1 Å². The van der Waals surface area contributed by atoms with Crippen molar-refractivity contribution in [1.29, 1.82) is 0 Å². The molecule has 248 valence electrons. The Balaban J connectivity index is 0.874. The lowest BCUT2D eigenvalue weighted by molar-refractivity contribution is -0.0449. The molecular formula is C35H43FN8O3. The van der Waals surface area contributed by atoms with Crippen molar-refractivity contribution in [3.63, 3.8) is 0 Å². The number of amides is 1. The third-order valence-corrected chi connectivity index (χ3v) is 11.1. The maximum absolute atomic E-state index is 14.2. The molecule has 0 atom stereocenters. The highest BCUT2D eigenvalue weighted by molar-refractivity contribution is 5.97. The molecule has 3 aromatic rings. The van der Waals surface area contributed by atoms with Crippen molar-refractivity contribution in [2.45, 2.75) is 77.6 Å². The van der Waals surface area contributed by atoms with Gasteiger partial charge in [-0.25, -0.2) is 4.39 Å². The van der Waals surface area contributed by atoms with E-state index in [0.29, 0.717) is 23.8 Å². The van der Waals surface area contributed by atoms with Crippen molar-refractivity contribution >= 4 is 11.7 Å². The molecule has 0 radical (unpaired) electrons. The highest BCUT2D eigenvalue weighted by Crippen LogP contribution is 2.51. The summed E-state index contributed by atoms with van der Waals surface area (Å²) >= 11 is 0. The minimum absolute atomic E-state index is 0.0180. The lowest BCUT2D eigenvalue weighted by Crippen LogP contribution is -2.65. The van der Waals surface area contributed by atoms with E-state index >= 15 is 0 Å². The Kier molecular flexibility index (Phi) is 7.55. The maximum atomic E-state index is 14.2. The molecule has 5 heterocycles. The van der Waals surface area contributed by atoms with Gasteiger partial charge in [-0.05, 0) is 76.1 Å². The second-order valence-electron chi connectivity index (χ2n) is 14.6. The molecule has 11 nitrogen and oxygen atoms in total. The molecule has 8 rings (SSSR count). The molecule has 1 aromatic carbocycles. The van der Waals surface area contributed by atoms with E-state index < -0.39 is 5.82 Å². The van der Waals surface area contributed by atoms with E-state index in [0.717, 1.165) is 51.2 Å². The van der Waals surface area contributed by atoms with E-state index in [-0.39, 0.29) is 40.8 Å². The zero-order valence-corrected chi connectivity index (χ0v) is 27.4. The maximum Gasteiger partial charge on any atom is 0.343 e. The number of anilines is 1. The highest BCUT2D eigenvalue weighted by Gasteiger charge is 2.54. The van der Waals surface area contributed by atoms with Gasteiger partial charge in [0.2, 0.25) is 0 Å². The van der Waals surface area contributed by atoms with E-state index in [2.05, 4.69) is 36.4 Å². The summed E-state index contributed by atoms with van der Waals surface area (Å²) in [7, 11) is 0. The molecule has 1 amide bonds. The number of benzene rings is 1. The molecule has 47 heavy (non-hydrogen) atoms. The third-order valence-electron chi connectivity index (χ3n) is 11.1. The Morgan fingerprint density at radius 3 is 2.66 bits per heavy atom. The van der Waals surface area contributed by atoms with Crippen LogP contribution in [-0.2, 0) is 13.0 Å². The number of nitrogens with zero attached hydrogens (tertiary/aromatic N) is 7. The number of ether oxygens (including phenoxy) is 2. The van der Waals surface area contributed by atoms with Crippen molar-refractivity contribution in [3.05, 3.63) is 59.3 Å². The van der Waals surface area contributed by atoms with Crippen LogP contribution in [0.1, 0.15) is 68.1 Å². The number of fused-ring (bicyclic) bond motifs is 1. The first kappa shape index (κ1) is 30.4. The van der Waals surface area contributed by atoms with E-state index in [9.17, 15) is 9.18 Å². The largest absolute Gasteiger partial charge is 0.490 e. The fourth-order valence-electron chi connectivity index (χ4n) is 8.40. The molecule has 3 aliphatic heterocycles. The lowest BCUT2D eigenvalue weighted by Gasteiger charge is -2.59. The number of hydrogen-bond acceptors (Lipinski definition) is 10. The summed E-state index contributed by atoms with van der Waals surface area (Å²) in [6, 6.07) is 6.60. The summed E-state index contributed by atoms with van der Waals surface area (Å²) in [4.78, 5) is 29.0. The number of rotatable bonds is 9. The molecule has 2 aromatic heterocycles. The molecule has 2 spiro atoms. The van der Waals surface area contributed by atoms with Crippen LogP contribution in [0.25, 0.3) is 0 Å². The molecule has 4 fully saturated rings. The fourth-order valence-corrected chi connectivity index (χ4v) is 8.40. The fraction of sp³-hybridized carbons (Fsp3) is 0.571. The minimum atomic E-state index is -0.513. The number of carbonyl (C=O) groups is 1. The molecule has 1 N–H and O–H groups in total. The minimum Gasteiger partial charge on any atom is -0.490 e. The van der Waals surface area contributed by atoms with Gasteiger partial charge in [0.15, 0.2) is 5.82 Å². The van der Waals surface area contributed by atoms with Crippen molar-refractivity contribution in [1.82, 2.24) is 35.3 Å². The van der Waals surface area contributed by atoms with Gasteiger partial charge >= 0.3 is 6.01 Å². The van der Waals surface area contributed by atoms with Crippen molar-refractivity contribution < 1.29 is 18.7 Å². The number of carbonyl (C=O) groups excluding carboxylic acids is 1. The predicted molar refractivity (Wildman–Crippen MR) is 173 cm³/mol. The normalized spacial score (nSPS) is 22.6. The highest BCUT2D eigenvalue weighted by atomic mass is 19.1. The number of pyridine rings is 1.